The third-order valence-electron chi connectivity index (χ3n) is 10.2. The van der Waals surface area contributed by atoms with Crippen molar-refractivity contribution < 1.29 is 36.3 Å². The quantitative estimate of drug-likeness (QED) is 0.149. The van der Waals surface area contributed by atoms with E-state index in [1.54, 1.807) is 24.5 Å². The highest BCUT2D eigenvalue weighted by Gasteiger charge is 2.29. The molecule has 1 fully saturated rings. The molecule has 7 rings (SSSR count). The highest BCUT2D eigenvalue weighted by Crippen LogP contribution is 2.26. The van der Waals surface area contributed by atoms with Crippen molar-refractivity contribution in [2.45, 2.75) is 62.2 Å². The second-order valence-corrected chi connectivity index (χ2v) is 15.9. The van der Waals surface area contributed by atoms with Crippen LogP contribution < -0.4 is 21.3 Å². The summed E-state index contributed by atoms with van der Waals surface area (Å²) in [5.41, 5.74) is -0.384. The third-order valence-corrected chi connectivity index (χ3v) is 11.5. The van der Waals surface area contributed by atoms with Gasteiger partial charge in [-0.1, -0.05) is 30.7 Å². The molecule has 60 heavy (non-hydrogen) atoms. The van der Waals surface area contributed by atoms with Gasteiger partial charge in [0.05, 0.1) is 38.9 Å². The molecule has 3 aromatic heterocycles. The fraction of sp³-hybridized carbons (Fsp3) is 0.262. The van der Waals surface area contributed by atoms with Crippen molar-refractivity contribution in [3.8, 4) is 16.8 Å². The number of carbonyl (C=O) groups excluding carboxylic acids is 2. The molecule has 0 saturated heterocycles. The number of pyridine rings is 1. The Kier molecular flexibility index (Phi) is 12.2. The van der Waals surface area contributed by atoms with Gasteiger partial charge in [0.1, 0.15) is 30.4 Å². The maximum absolute atomic E-state index is 15.6. The van der Waals surface area contributed by atoms with Crippen LogP contribution in [-0.2, 0) is 44.4 Å². The number of carbonyl (C=O) groups is 2. The topological polar surface area (TPSA) is 193 Å². The predicted octanol–water partition coefficient (Wildman–Crippen LogP) is 4.98. The van der Waals surface area contributed by atoms with Gasteiger partial charge in [-0.25, -0.2) is 41.3 Å². The van der Waals surface area contributed by atoms with Crippen molar-refractivity contribution in [1.29, 1.82) is 0 Å². The molecule has 0 spiro atoms. The maximum atomic E-state index is 15.6. The monoisotopic (exact) mass is 839 g/mol. The summed E-state index contributed by atoms with van der Waals surface area (Å²) in [4.78, 5) is 65.7. The van der Waals surface area contributed by atoms with Gasteiger partial charge < -0.3 is 14.8 Å². The fourth-order valence-corrected chi connectivity index (χ4v) is 7.99. The number of fused-ring (bicyclic) bond motifs is 1. The molecule has 0 radical (unpaired) electrons. The third kappa shape index (κ3) is 8.98. The lowest BCUT2D eigenvalue weighted by Gasteiger charge is -2.25. The molecule has 18 heteroatoms. The number of nitrogens with zero attached hydrogens (tertiary/aromatic N) is 5. The smallest absolute Gasteiger partial charge is 0.335 e. The average molecular weight is 840 g/mol. The molecule has 1 saturated carbocycles. The van der Waals surface area contributed by atoms with E-state index >= 15 is 8.78 Å². The van der Waals surface area contributed by atoms with Gasteiger partial charge in [-0.05, 0) is 73.2 Å². The molecular weight excluding hydrogens is 801 g/mol. The minimum absolute atomic E-state index is 0.152. The van der Waals surface area contributed by atoms with Crippen LogP contribution in [0.3, 0.4) is 0 Å². The van der Waals surface area contributed by atoms with Gasteiger partial charge >= 0.3 is 11.7 Å². The fourth-order valence-electron chi connectivity index (χ4n) is 6.93. The van der Waals surface area contributed by atoms with Crippen LogP contribution >= 0.6 is 0 Å². The zero-order chi connectivity index (χ0) is 42.6. The Balaban J connectivity index is 1.09. The number of benzene rings is 3. The van der Waals surface area contributed by atoms with Crippen molar-refractivity contribution in [3.05, 3.63) is 141 Å². The number of aromatic nitrogens is 5. The normalized spacial score (nSPS) is 13.8. The number of esters is 1. The van der Waals surface area contributed by atoms with Crippen molar-refractivity contribution in [2.75, 3.05) is 11.8 Å². The Labute approximate surface area is 342 Å². The molecule has 310 valence electrons. The van der Waals surface area contributed by atoms with Crippen LogP contribution in [0, 0.1) is 11.6 Å². The van der Waals surface area contributed by atoms with E-state index in [0.717, 1.165) is 23.8 Å². The molecule has 0 unspecified atom stereocenters. The lowest BCUT2D eigenvalue weighted by Crippen LogP contribution is -2.45. The highest BCUT2D eigenvalue weighted by atomic mass is 32.2. The summed E-state index contributed by atoms with van der Waals surface area (Å²) in [6.07, 6.45) is 9.40. The molecule has 1 aliphatic carbocycles. The van der Waals surface area contributed by atoms with Crippen molar-refractivity contribution in [1.82, 2.24) is 29.4 Å². The molecule has 1 amide bonds. The number of methoxy groups -OCH3 is 1. The summed E-state index contributed by atoms with van der Waals surface area (Å²) in [7, 11) is -1.39. The van der Waals surface area contributed by atoms with Gasteiger partial charge in [0, 0.05) is 50.8 Å². The second kappa shape index (κ2) is 17.7. The number of aryl methyl sites for hydroxylation is 1. The first-order chi connectivity index (χ1) is 28.8. The van der Waals surface area contributed by atoms with E-state index in [0.29, 0.717) is 53.0 Å². The summed E-state index contributed by atoms with van der Waals surface area (Å²) in [5.74, 6) is -3.99. The van der Waals surface area contributed by atoms with Gasteiger partial charge in [0.2, 0.25) is 0 Å². The summed E-state index contributed by atoms with van der Waals surface area (Å²) in [5, 5.41) is 2.74. The Morgan fingerprint density at radius 3 is 2.28 bits per heavy atom. The van der Waals surface area contributed by atoms with E-state index in [4.69, 9.17) is 9.47 Å². The Morgan fingerprint density at radius 2 is 1.60 bits per heavy atom. The lowest BCUT2D eigenvalue weighted by atomic mass is 9.97. The van der Waals surface area contributed by atoms with E-state index in [-0.39, 0.29) is 29.0 Å². The Bertz CT molecular complexity index is 2790. The van der Waals surface area contributed by atoms with Gasteiger partial charge in [-0.2, -0.15) is 0 Å². The minimum atomic E-state index is -4.42. The van der Waals surface area contributed by atoms with Crippen LogP contribution in [0.15, 0.2) is 106 Å². The summed E-state index contributed by atoms with van der Waals surface area (Å²) in [6, 6.07) is 12.9. The minimum Gasteiger partial charge on any atom is -0.461 e. The number of halogens is 2. The van der Waals surface area contributed by atoms with Crippen molar-refractivity contribution >= 4 is 38.5 Å². The van der Waals surface area contributed by atoms with Crippen molar-refractivity contribution in [2.24, 2.45) is 7.05 Å². The molecule has 0 bridgehead atoms. The maximum Gasteiger partial charge on any atom is 0.335 e. The molecule has 0 aliphatic heterocycles. The number of hydrogen-bond donors (Lipinski definition) is 2. The molecule has 1 atom stereocenters. The van der Waals surface area contributed by atoms with Gasteiger partial charge in [-0.3, -0.25) is 23.9 Å². The second-order valence-electron chi connectivity index (χ2n) is 14.2. The van der Waals surface area contributed by atoms with Crippen LogP contribution in [0.1, 0.15) is 53.8 Å². The van der Waals surface area contributed by atoms with Crippen LogP contribution in [-0.4, -0.2) is 63.6 Å². The SMILES string of the molecule is COCc1ncc(-c2ccc(S(=O)(=O)Nc3cc(F)c(C(=O)N[C@@H](Cc4ccc(-n5c(=O)c6ccncc6n(C)c5=O)cc4)C(=O)OC4CCCCC4)cc3F)cc2)cn1. The average Bonchev–Trinajstić information content (AvgIpc) is 3.25. The lowest BCUT2D eigenvalue weighted by molar-refractivity contribution is -0.152. The van der Waals surface area contributed by atoms with Crippen molar-refractivity contribution in [3.63, 3.8) is 0 Å². The van der Waals surface area contributed by atoms with Crippen LogP contribution in [0.5, 0.6) is 0 Å². The van der Waals surface area contributed by atoms with Gasteiger partial charge in [0.25, 0.3) is 21.5 Å². The molecule has 3 heterocycles. The largest absolute Gasteiger partial charge is 0.461 e. The molecule has 6 aromatic rings. The predicted molar refractivity (Wildman–Crippen MR) is 216 cm³/mol. The summed E-state index contributed by atoms with van der Waals surface area (Å²) in [6.45, 7) is 0.223. The summed E-state index contributed by atoms with van der Waals surface area (Å²) >= 11 is 0. The first-order valence-electron chi connectivity index (χ1n) is 18.9. The molecule has 3 aromatic carbocycles. The Morgan fingerprint density at radius 1 is 0.900 bits per heavy atom. The number of sulfonamides is 1. The van der Waals surface area contributed by atoms with E-state index in [9.17, 15) is 27.6 Å². The number of nitrogens with one attached hydrogen (secondary N) is 2. The highest BCUT2D eigenvalue weighted by molar-refractivity contribution is 7.92. The molecule has 2 N–H and O–H groups in total. The number of ether oxygens (including phenoxy) is 2. The number of rotatable bonds is 13. The Hall–Kier alpha value is -6.66. The zero-order valence-corrected chi connectivity index (χ0v) is 33.2. The number of hydrogen-bond acceptors (Lipinski definition) is 11. The van der Waals surface area contributed by atoms with Gasteiger partial charge in [-0.15, -0.1) is 0 Å². The first-order valence-corrected chi connectivity index (χ1v) is 20.4. The van der Waals surface area contributed by atoms with Gasteiger partial charge in [0.15, 0.2) is 5.82 Å². The van der Waals surface area contributed by atoms with E-state index in [1.165, 1.54) is 73.6 Å². The van der Waals surface area contributed by atoms with E-state index in [2.05, 4.69) is 20.3 Å². The first kappa shape index (κ1) is 41.5. The van der Waals surface area contributed by atoms with E-state index in [1.807, 2.05) is 4.72 Å². The zero-order valence-electron chi connectivity index (χ0n) is 32.4. The summed E-state index contributed by atoms with van der Waals surface area (Å²) < 4.78 is 72.5. The molecular formula is C42H39F2N7O8S. The number of anilines is 1. The van der Waals surface area contributed by atoms with Crippen LogP contribution in [0.4, 0.5) is 14.5 Å². The molecule has 15 nitrogen and oxygen atoms in total. The van der Waals surface area contributed by atoms with Crippen LogP contribution in [0.25, 0.3) is 27.7 Å². The van der Waals surface area contributed by atoms with Crippen LogP contribution in [0.2, 0.25) is 0 Å². The molecule has 1 aliphatic rings. The van der Waals surface area contributed by atoms with E-state index < -0.39 is 68.2 Å². The standard InChI is InChI=1S/C42H39F2N7O8S/c1-50-37-23-45-17-16-31(37)40(53)51(42(50)55)28-12-8-25(9-13-28)18-36(41(54)59-29-6-4-3-5-7-29)48-39(52)32-19-34(44)35(20-33(32)43)49-60(56,57)30-14-10-26(11-15-30)27-21-46-38(24-58-2)47-22-27/h8-17,19-23,29,36,49H,3-7,18,24H2,1-2H3,(H,48,52)/t36-/m0/s1. The number of amides is 1.